The Balaban J connectivity index is 2.30. The quantitative estimate of drug-likeness (QED) is 0.710. The molecule has 1 atom stereocenters. The van der Waals surface area contributed by atoms with Crippen molar-refractivity contribution in [3.8, 4) is 0 Å². The van der Waals surface area contributed by atoms with E-state index in [1.807, 2.05) is 11.8 Å². The Bertz CT molecular complexity index is 356. The number of aliphatic hydroxyl groups is 1. The summed E-state index contributed by atoms with van der Waals surface area (Å²) < 4.78 is 0. The fourth-order valence-corrected chi connectivity index (χ4v) is 3.09. The van der Waals surface area contributed by atoms with Gasteiger partial charge in [0.1, 0.15) is 0 Å². The number of rotatable bonds is 8. The predicted molar refractivity (Wildman–Crippen MR) is 81.1 cm³/mol. The first-order valence-electron chi connectivity index (χ1n) is 6.59. The Hall–Kier alpha value is -0.510. The molecule has 1 aromatic carbocycles. The van der Waals surface area contributed by atoms with Crippen LogP contribution in [0.5, 0.6) is 0 Å². The summed E-state index contributed by atoms with van der Waals surface area (Å²) in [5.41, 5.74) is 2.57. The summed E-state index contributed by atoms with van der Waals surface area (Å²) >= 11 is 1.93. The van der Waals surface area contributed by atoms with Crippen LogP contribution in [0.3, 0.4) is 0 Å². The zero-order valence-electron chi connectivity index (χ0n) is 11.7. The van der Waals surface area contributed by atoms with E-state index in [0.717, 1.165) is 24.5 Å². The van der Waals surface area contributed by atoms with Crippen molar-refractivity contribution in [2.24, 2.45) is 0 Å². The maximum Gasteiger partial charge on any atom is 0.0610 e. The van der Waals surface area contributed by atoms with Crippen LogP contribution in [-0.2, 0) is 5.75 Å². The lowest BCUT2D eigenvalue weighted by molar-refractivity contribution is 0.173. The van der Waals surface area contributed by atoms with Crippen molar-refractivity contribution >= 4 is 11.8 Å². The monoisotopic (exact) mass is 267 g/mol. The van der Waals surface area contributed by atoms with Crippen molar-refractivity contribution in [2.45, 2.75) is 38.5 Å². The highest BCUT2D eigenvalue weighted by atomic mass is 32.2. The number of benzene rings is 1. The molecule has 3 heteroatoms. The van der Waals surface area contributed by atoms with Crippen LogP contribution in [0.25, 0.3) is 0 Å². The third-order valence-corrected chi connectivity index (χ3v) is 4.13. The fourth-order valence-electron chi connectivity index (χ4n) is 1.94. The van der Waals surface area contributed by atoms with Gasteiger partial charge < -0.3 is 10.4 Å². The van der Waals surface area contributed by atoms with E-state index >= 15 is 0 Å². The maximum absolute atomic E-state index is 9.40. The molecule has 1 unspecified atom stereocenters. The van der Waals surface area contributed by atoms with Crippen LogP contribution in [0.15, 0.2) is 24.3 Å². The summed E-state index contributed by atoms with van der Waals surface area (Å²) in [6.07, 6.45) is 0.994. The molecule has 0 saturated carbocycles. The molecule has 1 aromatic rings. The number of nitrogens with one attached hydrogen (secondary N) is 1. The molecular weight excluding hydrogens is 242 g/mol. The molecule has 0 aliphatic rings. The number of aliphatic hydroxyl groups excluding tert-OH is 1. The smallest absolute Gasteiger partial charge is 0.0610 e. The lowest BCUT2D eigenvalue weighted by Gasteiger charge is -2.28. The highest BCUT2D eigenvalue weighted by molar-refractivity contribution is 7.98. The maximum atomic E-state index is 9.40. The Kier molecular flexibility index (Phi) is 6.76. The second-order valence-electron chi connectivity index (χ2n) is 5.04. The molecule has 0 spiro atoms. The molecule has 0 aliphatic heterocycles. The van der Waals surface area contributed by atoms with Crippen LogP contribution in [0, 0.1) is 6.92 Å². The molecule has 0 saturated heterocycles. The average molecular weight is 267 g/mol. The van der Waals surface area contributed by atoms with Gasteiger partial charge >= 0.3 is 0 Å². The molecule has 102 valence electrons. The molecule has 2 N–H and O–H groups in total. The number of hydrogen-bond donors (Lipinski definition) is 2. The Labute approximate surface area is 115 Å². The van der Waals surface area contributed by atoms with Crippen molar-refractivity contribution in [1.29, 1.82) is 0 Å². The Morgan fingerprint density at radius 1 is 1.39 bits per heavy atom. The van der Waals surface area contributed by atoms with Crippen molar-refractivity contribution in [3.05, 3.63) is 35.4 Å². The highest BCUT2D eigenvalue weighted by Gasteiger charge is 2.20. The first kappa shape index (κ1) is 15.5. The molecule has 18 heavy (non-hydrogen) atoms. The van der Waals surface area contributed by atoms with E-state index in [9.17, 15) is 5.11 Å². The molecule has 1 rings (SSSR count). The summed E-state index contributed by atoms with van der Waals surface area (Å²) in [7, 11) is 0. The molecular formula is C15H25NOS. The van der Waals surface area contributed by atoms with Crippen LogP contribution in [0.4, 0.5) is 0 Å². The van der Waals surface area contributed by atoms with Crippen LogP contribution < -0.4 is 5.32 Å². The molecule has 0 bridgehead atoms. The summed E-state index contributed by atoms with van der Waals surface area (Å²) in [6.45, 7) is 7.39. The van der Waals surface area contributed by atoms with Gasteiger partial charge in [0, 0.05) is 11.3 Å². The Morgan fingerprint density at radius 2 is 2.17 bits per heavy atom. The summed E-state index contributed by atoms with van der Waals surface area (Å²) in [6, 6.07) is 8.65. The molecule has 0 radical (unpaired) electrons. The van der Waals surface area contributed by atoms with Gasteiger partial charge in [0.2, 0.25) is 0 Å². The summed E-state index contributed by atoms with van der Waals surface area (Å²) in [5, 5.41) is 12.8. The third-order valence-electron chi connectivity index (χ3n) is 3.10. The molecule has 0 amide bonds. The SMILES string of the molecule is CCNC(C)(CO)CCSCc1cccc(C)c1. The van der Waals surface area contributed by atoms with Crippen LogP contribution in [0.1, 0.15) is 31.4 Å². The lowest BCUT2D eigenvalue weighted by Crippen LogP contribution is -2.46. The first-order valence-corrected chi connectivity index (χ1v) is 7.74. The van der Waals surface area contributed by atoms with Crippen molar-refractivity contribution in [2.75, 3.05) is 18.9 Å². The zero-order valence-corrected chi connectivity index (χ0v) is 12.5. The second-order valence-corrected chi connectivity index (χ2v) is 6.15. The second kappa shape index (κ2) is 7.82. The summed E-state index contributed by atoms with van der Waals surface area (Å²) in [4.78, 5) is 0. The highest BCUT2D eigenvalue weighted by Crippen LogP contribution is 2.18. The summed E-state index contributed by atoms with van der Waals surface area (Å²) in [5.74, 6) is 2.12. The van der Waals surface area contributed by atoms with E-state index in [1.54, 1.807) is 0 Å². The van der Waals surface area contributed by atoms with Gasteiger partial charge in [-0.25, -0.2) is 0 Å². The number of hydrogen-bond acceptors (Lipinski definition) is 3. The van der Waals surface area contributed by atoms with E-state index in [4.69, 9.17) is 0 Å². The zero-order chi connectivity index (χ0) is 13.4. The number of likely N-dealkylation sites (N-methyl/N-ethyl adjacent to an activating group) is 1. The average Bonchev–Trinajstić information content (AvgIpc) is 2.35. The predicted octanol–water partition coefficient (Wildman–Crippen LogP) is 2.98. The molecule has 0 fully saturated rings. The van der Waals surface area contributed by atoms with Gasteiger partial charge in [0.05, 0.1) is 6.61 Å². The van der Waals surface area contributed by atoms with E-state index in [1.165, 1.54) is 11.1 Å². The third kappa shape index (κ3) is 5.42. The van der Waals surface area contributed by atoms with Gasteiger partial charge in [0.15, 0.2) is 0 Å². The van der Waals surface area contributed by atoms with Gasteiger partial charge in [0.25, 0.3) is 0 Å². The van der Waals surface area contributed by atoms with Gasteiger partial charge in [-0.05, 0) is 38.1 Å². The van der Waals surface area contributed by atoms with Crippen molar-refractivity contribution in [1.82, 2.24) is 5.32 Å². The van der Waals surface area contributed by atoms with E-state index in [0.29, 0.717) is 0 Å². The van der Waals surface area contributed by atoms with E-state index in [2.05, 4.69) is 50.4 Å². The standard InChI is InChI=1S/C15H25NOS/c1-4-16-15(3,12-17)8-9-18-11-14-7-5-6-13(2)10-14/h5-7,10,16-17H,4,8-9,11-12H2,1-3H3. The normalized spacial score (nSPS) is 14.4. The van der Waals surface area contributed by atoms with Crippen molar-refractivity contribution < 1.29 is 5.11 Å². The van der Waals surface area contributed by atoms with Gasteiger partial charge in [-0.2, -0.15) is 11.8 Å². The van der Waals surface area contributed by atoms with Crippen molar-refractivity contribution in [3.63, 3.8) is 0 Å². The van der Waals surface area contributed by atoms with Gasteiger partial charge in [-0.15, -0.1) is 0 Å². The van der Waals surface area contributed by atoms with Crippen LogP contribution in [0.2, 0.25) is 0 Å². The minimum atomic E-state index is -0.131. The topological polar surface area (TPSA) is 32.3 Å². The lowest BCUT2D eigenvalue weighted by atomic mass is 10.0. The minimum Gasteiger partial charge on any atom is -0.394 e. The molecule has 0 aromatic heterocycles. The van der Waals surface area contributed by atoms with Gasteiger partial charge in [-0.3, -0.25) is 0 Å². The first-order chi connectivity index (χ1) is 8.59. The molecule has 2 nitrogen and oxygen atoms in total. The van der Waals surface area contributed by atoms with E-state index in [-0.39, 0.29) is 12.1 Å². The largest absolute Gasteiger partial charge is 0.394 e. The molecule has 0 heterocycles. The number of thioether (sulfide) groups is 1. The van der Waals surface area contributed by atoms with Crippen LogP contribution >= 0.6 is 11.8 Å². The fraction of sp³-hybridized carbons (Fsp3) is 0.600. The molecule has 0 aliphatic carbocycles. The Morgan fingerprint density at radius 3 is 2.78 bits per heavy atom. The minimum absolute atomic E-state index is 0.131. The van der Waals surface area contributed by atoms with E-state index < -0.39 is 0 Å². The van der Waals surface area contributed by atoms with Gasteiger partial charge in [-0.1, -0.05) is 36.8 Å². The number of aryl methyl sites for hydroxylation is 1. The van der Waals surface area contributed by atoms with Crippen LogP contribution in [-0.4, -0.2) is 29.5 Å².